The zero-order valence-corrected chi connectivity index (χ0v) is 17.4. The maximum Gasteiger partial charge on any atom is 0.244 e. The Morgan fingerprint density at radius 1 is 1.12 bits per heavy atom. The number of hydrogen-bond acceptors (Lipinski definition) is 3. The molecule has 1 rings (SSSR count). The summed E-state index contributed by atoms with van der Waals surface area (Å²) in [4.78, 5) is 12.9. The van der Waals surface area contributed by atoms with E-state index in [9.17, 15) is 13.2 Å². The smallest absolute Gasteiger partial charge is 0.244 e. The highest BCUT2D eigenvalue weighted by molar-refractivity contribution is 7.92. The lowest BCUT2D eigenvalue weighted by atomic mass is 9.93. The Labute approximate surface area is 156 Å². The number of halogens is 1. The van der Waals surface area contributed by atoms with Crippen LogP contribution in [0.1, 0.15) is 41.0 Å². The molecule has 1 atom stereocenters. The lowest BCUT2D eigenvalue weighted by molar-refractivity contribution is -0.123. The average molecular weight is 389 g/mol. The molecule has 142 valence electrons. The molecular formula is C18H29ClN2O3S. The van der Waals surface area contributed by atoms with Gasteiger partial charge in [-0.05, 0) is 42.5 Å². The van der Waals surface area contributed by atoms with E-state index in [0.717, 1.165) is 6.26 Å². The number of nitrogens with one attached hydrogen (secondary N) is 1. The van der Waals surface area contributed by atoms with Gasteiger partial charge in [-0.3, -0.25) is 9.10 Å². The van der Waals surface area contributed by atoms with Crippen LogP contribution in [-0.2, 0) is 14.8 Å². The van der Waals surface area contributed by atoms with E-state index in [-0.39, 0.29) is 23.8 Å². The van der Waals surface area contributed by atoms with Crippen LogP contribution in [0.25, 0.3) is 0 Å². The molecule has 0 spiro atoms. The molecule has 1 amide bonds. The Hall–Kier alpha value is -1.27. The molecule has 0 aliphatic heterocycles. The van der Waals surface area contributed by atoms with Gasteiger partial charge in [0.25, 0.3) is 0 Å². The van der Waals surface area contributed by atoms with Gasteiger partial charge >= 0.3 is 0 Å². The van der Waals surface area contributed by atoms with E-state index in [4.69, 9.17) is 11.6 Å². The second kappa shape index (κ2) is 8.90. The van der Waals surface area contributed by atoms with Gasteiger partial charge in [-0.15, -0.1) is 0 Å². The van der Waals surface area contributed by atoms with Crippen LogP contribution in [0.15, 0.2) is 24.3 Å². The van der Waals surface area contributed by atoms with Crippen molar-refractivity contribution in [2.75, 3.05) is 10.6 Å². The SMILES string of the molecule is CC[C@@H](C(=O)NC(C(C)C)C(C)C)N(c1ccc(Cl)cc1)S(C)(=O)=O. The molecule has 0 heterocycles. The van der Waals surface area contributed by atoms with Crippen molar-refractivity contribution in [3.8, 4) is 0 Å². The molecule has 7 heteroatoms. The lowest BCUT2D eigenvalue weighted by Crippen LogP contribution is -2.53. The third-order valence-corrected chi connectivity index (χ3v) is 5.59. The molecule has 0 aliphatic rings. The number of rotatable bonds is 8. The van der Waals surface area contributed by atoms with Crippen LogP contribution in [0.5, 0.6) is 0 Å². The van der Waals surface area contributed by atoms with Crippen molar-refractivity contribution in [3.05, 3.63) is 29.3 Å². The molecule has 0 unspecified atom stereocenters. The van der Waals surface area contributed by atoms with Gasteiger partial charge in [-0.25, -0.2) is 8.42 Å². The molecule has 0 fully saturated rings. The molecule has 0 radical (unpaired) electrons. The van der Waals surface area contributed by atoms with Crippen LogP contribution in [0.3, 0.4) is 0 Å². The highest BCUT2D eigenvalue weighted by Crippen LogP contribution is 2.25. The lowest BCUT2D eigenvalue weighted by Gasteiger charge is -2.33. The average Bonchev–Trinajstić information content (AvgIpc) is 2.49. The van der Waals surface area contributed by atoms with Crippen molar-refractivity contribution in [1.29, 1.82) is 0 Å². The summed E-state index contributed by atoms with van der Waals surface area (Å²) in [7, 11) is -3.63. The number of sulfonamides is 1. The fraction of sp³-hybridized carbons (Fsp3) is 0.611. The summed E-state index contributed by atoms with van der Waals surface area (Å²) in [5.74, 6) is 0.225. The first-order valence-electron chi connectivity index (χ1n) is 8.54. The van der Waals surface area contributed by atoms with E-state index in [1.807, 2.05) is 27.7 Å². The molecule has 25 heavy (non-hydrogen) atoms. The van der Waals surface area contributed by atoms with Gasteiger partial charge in [0.05, 0.1) is 11.9 Å². The zero-order valence-electron chi connectivity index (χ0n) is 15.8. The summed E-state index contributed by atoms with van der Waals surface area (Å²) in [6.45, 7) is 9.97. The largest absolute Gasteiger partial charge is 0.351 e. The Bertz CT molecular complexity index is 664. The van der Waals surface area contributed by atoms with Crippen LogP contribution in [0, 0.1) is 11.8 Å². The molecular weight excluding hydrogens is 360 g/mol. The molecule has 1 aromatic carbocycles. The Balaban J connectivity index is 3.21. The number of nitrogens with zero attached hydrogens (tertiary/aromatic N) is 1. The third kappa shape index (κ3) is 5.89. The topological polar surface area (TPSA) is 66.5 Å². The van der Waals surface area contributed by atoms with E-state index in [2.05, 4.69) is 5.32 Å². The van der Waals surface area contributed by atoms with Gasteiger partial charge in [0.15, 0.2) is 0 Å². The van der Waals surface area contributed by atoms with Gasteiger partial charge < -0.3 is 5.32 Å². The Kier molecular flexibility index (Phi) is 7.75. The van der Waals surface area contributed by atoms with Crippen LogP contribution in [0.4, 0.5) is 5.69 Å². The van der Waals surface area contributed by atoms with Crippen LogP contribution < -0.4 is 9.62 Å². The summed E-state index contributed by atoms with van der Waals surface area (Å²) >= 11 is 5.90. The van der Waals surface area contributed by atoms with Crippen LogP contribution >= 0.6 is 11.6 Å². The molecule has 0 aromatic heterocycles. The maximum absolute atomic E-state index is 12.9. The minimum atomic E-state index is -3.63. The van der Waals surface area contributed by atoms with E-state index in [0.29, 0.717) is 17.1 Å². The molecule has 0 bridgehead atoms. The monoisotopic (exact) mass is 388 g/mol. The number of amides is 1. The second-order valence-electron chi connectivity index (χ2n) is 6.98. The first-order valence-corrected chi connectivity index (χ1v) is 10.8. The summed E-state index contributed by atoms with van der Waals surface area (Å²) in [6.07, 6.45) is 1.48. The van der Waals surface area contributed by atoms with Crippen LogP contribution in [-0.4, -0.2) is 32.7 Å². The summed E-state index contributed by atoms with van der Waals surface area (Å²) in [5.41, 5.74) is 0.430. The predicted octanol–water partition coefficient (Wildman–Crippen LogP) is 3.68. The van der Waals surface area contributed by atoms with Crippen LogP contribution in [0.2, 0.25) is 5.02 Å². The van der Waals surface area contributed by atoms with E-state index < -0.39 is 16.1 Å². The van der Waals surface area contributed by atoms with Crippen molar-refractivity contribution < 1.29 is 13.2 Å². The first kappa shape index (κ1) is 21.8. The first-order chi connectivity index (χ1) is 11.5. The molecule has 1 N–H and O–H groups in total. The maximum atomic E-state index is 12.9. The number of carbonyl (C=O) groups is 1. The fourth-order valence-corrected chi connectivity index (χ4v) is 4.35. The van der Waals surface area contributed by atoms with Crippen molar-refractivity contribution in [1.82, 2.24) is 5.32 Å². The second-order valence-corrected chi connectivity index (χ2v) is 9.28. The van der Waals surface area contributed by atoms with Crippen molar-refractivity contribution in [2.24, 2.45) is 11.8 Å². The van der Waals surface area contributed by atoms with Gasteiger partial charge in [-0.2, -0.15) is 0 Å². The highest BCUT2D eigenvalue weighted by Gasteiger charge is 2.33. The minimum Gasteiger partial charge on any atom is -0.351 e. The van der Waals surface area contributed by atoms with Gasteiger partial charge in [-0.1, -0.05) is 46.2 Å². The predicted molar refractivity (Wildman–Crippen MR) is 104 cm³/mol. The molecule has 0 saturated heterocycles. The highest BCUT2D eigenvalue weighted by atomic mass is 35.5. The van der Waals surface area contributed by atoms with Gasteiger partial charge in [0.1, 0.15) is 6.04 Å². The summed E-state index contributed by atoms with van der Waals surface area (Å²) < 4.78 is 26.0. The van der Waals surface area contributed by atoms with E-state index in [1.165, 1.54) is 4.31 Å². The number of hydrogen-bond donors (Lipinski definition) is 1. The third-order valence-electron chi connectivity index (χ3n) is 4.16. The fourth-order valence-electron chi connectivity index (χ4n) is 3.01. The Morgan fingerprint density at radius 2 is 1.60 bits per heavy atom. The van der Waals surface area contributed by atoms with E-state index in [1.54, 1.807) is 31.2 Å². The van der Waals surface area contributed by atoms with Gasteiger partial charge in [0.2, 0.25) is 15.9 Å². The van der Waals surface area contributed by atoms with Crippen molar-refractivity contribution in [3.63, 3.8) is 0 Å². The van der Waals surface area contributed by atoms with E-state index >= 15 is 0 Å². The quantitative estimate of drug-likeness (QED) is 0.738. The molecule has 0 saturated carbocycles. The van der Waals surface area contributed by atoms with Crippen molar-refractivity contribution >= 4 is 33.2 Å². The summed E-state index contributed by atoms with van der Waals surface area (Å²) in [5, 5.41) is 3.54. The number of benzene rings is 1. The zero-order chi connectivity index (χ0) is 19.4. The minimum absolute atomic E-state index is 0.0202. The molecule has 5 nitrogen and oxygen atoms in total. The Morgan fingerprint density at radius 3 is 1.96 bits per heavy atom. The summed E-state index contributed by atoms with van der Waals surface area (Å²) in [6, 6.07) is 5.63. The number of carbonyl (C=O) groups excluding carboxylic acids is 1. The van der Waals surface area contributed by atoms with Gasteiger partial charge in [0, 0.05) is 11.1 Å². The number of anilines is 1. The molecule has 0 aliphatic carbocycles. The molecule has 1 aromatic rings. The van der Waals surface area contributed by atoms with Crippen molar-refractivity contribution in [2.45, 2.75) is 53.1 Å². The normalized spacial score (nSPS) is 13.4. The standard InChI is InChI=1S/C18H29ClN2O3S/c1-7-16(18(22)20-17(12(2)3)13(4)5)21(25(6,23)24)15-10-8-14(19)9-11-15/h8-13,16-17H,7H2,1-6H3,(H,20,22)/t16-/m0/s1.